The summed E-state index contributed by atoms with van der Waals surface area (Å²) < 4.78 is 1.70. The number of hydrogen-bond acceptors (Lipinski definition) is 5. The number of aryl methyl sites for hydroxylation is 1. The first-order valence-corrected chi connectivity index (χ1v) is 7.27. The normalized spacial score (nSPS) is 11.3. The monoisotopic (exact) mass is 296 g/mol. The maximum atomic E-state index is 9.36. The first-order valence-electron chi connectivity index (χ1n) is 5.66. The molecule has 0 spiro atoms. The Labute approximate surface area is 120 Å². The van der Waals surface area contributed by atoms with Crippen LogP contribution in [0.4, 0.5) is 0 Å². The standard InChI is InChI=1S/C12H13ClN4OS/c1-3-11-15-16-12(19-2)17(11)14-7-8-4-5-10(18)9(13)6-8/h4-7,18H,3H2,1-2H3/b14-7-. The fourth-order valence-electron chi connectivity index (χ4n) is 1.49. The molecule has 0 radical (unpaired) electrons. The van der Waals surface area contributed by atoms with E-state index in [1.165, 1.54) is 17.8 Å². The predicted molar refractivity (Wildman–Crippen MR) is 77.3 cm³/mol. The zero-order valence-electron chi connectivity index (χ0n) is 10.5. The SMILES string of the molecule is CCc1nnc(SC)n1/N=C\c1ccc(O)c(Cl)c1. The molecule has 100 valence electrons. The van der Waals surface area contributed by atoms with Gasteiger partial charge in [0.15, 0.2) is 5.82 Å². The van der Waals surface area contributed by atoms with Gasteiger partial charge in [0.2, 0.25) is 5.16 Å². The summed E-state index contributed by atoms with van der Waals surface area (Å²) in [4.78, 5) is 0. The molecular weight excluding hydrogens is 284 g/mol. The van der Waals surface area contributed by atoms with Gasteiger partial charge in [-0.2, -0.15) is 9.78 Å². The number of thioether (sulfide) groups is 1. The van der Waals surface area contributed by atoms with Crippen molar-refractivity contribution < 1.29 is 5.11 Å². The maximum absolute atomic E-state index is 9.36. The Morgan fingerprint density at radius 3 is 2.89 bits per heavy atom. The highest BCUT2D eigenvalue weighted by Crippen LogP contribution is 2.23. The Bertz CT molecular complexity index is 590. The van der Waals surface area contributed by atoms with Gasteiger partial charge in [-0.1, -0.05) is 30.3 Å². The molecule has 0 atom stereocenters. The van der Waals surface area contributed by atoms with Crippen LogP contribution in [0.1, 0.15) is 18.3 Å². The van der Waals surface area contributed by atoms with Crippen LogP contribution in [0.5, 0.6) is 5.75 Å². The Hall–Kier alpha value is -1.53. The number of benzene rings is 1. The van der Waals surface area contributed by atoms with Crippen molar-refractivity contribution in [2.75, 3.05) is 6.26 Å². The first-order chi connectivity index (χ1) is 9.15. The predicted octanol–water partition coefficient (Wildman–Crippen LogP) is 2.80. The Morgan fingerprint density at radius 1 is 1.47 bits per heavy atom. The molecule has 1 aromatic heterocycles. The zero-order valence-corrected chi connectivity index (χ0v) is 12.1. The molecule has 0 fully saturated rings. The summed E-state index contributed by atoms with van der Waals surface area (Å²) in [5.41, 5.74) is 0.797. The highest BCUT2D eigenvalue weighted by Gasteiger charge is 2.08. The van der Waals surface area contributed by atoms with Crippen LogP contribution in [0.15, 0.2) is 28.5 Å². The molecular formula is C12H13ClN4OS. The van der Waals surface area contributed by atoms with Gasteiger partial charge in [0.25, 0.3) is 0 Å². The fourth-order valence-corrected chi connectivity index (χ4v) is 2.12. The number of hydrogen-bond donors (Lipinski definition) is 1. The van der Waals surface area contributed by atoms with Crippen molar-refractivity contribution >= 4 is 29.6 Å². The topological polar surface area (TPSA) is 63.3 Å². The van der Waals surface area contributed by atoms with Crippen LogP contribution >= 0.6 is 23.4 Å². The largest absolute Gasteiger partial charge is 0.506 e. The van der Waals surface area contributed by atoms with E-state index in [1.54, 1.807) is 23.0 Å². The molecule has 1 aromatic carbocycles. The van der Waals surface area contributed by atoms with Gasteiger partial charge < -0.3 is 5.11 Å². The number of nitrogens with zero attached hydrogens (tertiary/aromatic N) is 4. The molecule has 1 heterocycles. The summed E-state index contributed by atoms with van der Waals surface area (Å²) in [6, 6.07) is 4.92. The van der Waals surface area contributed by atoms with E-state index in [0.29, 0.717) is 5.02 Å². The minimum atomic E-state index is 0.0576. The van der Waals surface area contributed by atoms with Crippen LogP contribution < -0.4 is 0 Å². The smallest absolute Gasteiger partial charge is 0.211 e. The molecule has 0 aliphatic carbocycles. The van der Waals surface area contributed by atoms with Crippen LogP contribution in [0.2, 0.25) is 5.02 Å². The molecule has 19 heavy (non-hydrogen) atoms. The summed E-state index contributed by atoms with van der Waals surface area (Å²) in [7, 11) is 0. The van der Waals surface area contributed by atoms with E-state index in [1.807, 2.05) is 13.2 Å². The molecule has 2 aromatic rings. The molecule has 1 N–H and O–H groups in total. The zero-order chi connectivity index (χ0) is 13.8. The van der Waals surface area contributed by atoms with Crippen LogP contribution in [0.25, 0.3) is 0 Å². The van der Waals surface area contributed by atoms with E-state index < -0.39 is 0 Å². The summed E-state index contributed by atoms with van der Waals surface area (Å²) >= 11 is 7.33. The molecule has 0 aliphatic rings. The van der Waals surface area contributed by atoms with Gasteiger partial charge in [-0.3, -0.25) is 0 Å². The second kappa shape index (κ2) is 6.08. The van der Waals surface area contributed by atoms with Gasteiger partial charge >= 0.3 is 0 Å². The van der Waals surface area contributed by atoms with Gasteiger partial charge in [0, 0.05) is 6.42 Å². The molecule has 0 unspecified atom stereocenters. The highest BCUT2D eigenvalue weighted by molar-refractivity contribution is 7.98. The van der Waals surface area contributed by atoms with Crippen molar-refractivity contribution in [2.45, 2.75) is 18.5 Å². The van der Waals surface area contributed by atoms with Crippen LogP contribution in [0.3, 0.4) is 0 Å². The van der Waals surface area contributed by atoms with Crippen molar-refractivity contribution in [3.8, 4) is 5.75 Å². The Kier molecular flexibility index (Phi) is 4.44. The second-order valence-electron chi connectivity index (χ2n) is 3.72. The van der Waals surface area contributed by atoms with E-state index in [2.05, 4.69) is 15.3 Å². The average molecular weight is 297 g/mol. The molecule has 0 aliphatic heterocycles. The number of aromatic hydroxyl groups is 1. The number of halogens is 1. The number of rotatable bonds is 4. The van der Waals surface area contributed by atoms with Gasteiger partial charge in [0.05, 0.1) is 11.2 Å². The highest BCUT2D eigenvalue weighted by atomic mass is 35.5. The van der Waals surface area contributed by atoms with Gasteiger partial charge in [-0.05, 0) is 30.0 Å². The first kappa shape index (κ1) is 13.9. The van der Waals surface area contributed by atoms with Crippen molar-refractivity contribution in [1.82, 2.24) is 14.9 Å². The third-order valence-corrected chi connectivity index (χ3v) is 3.39. The van der Waals surface area contributed by atoms with Gasteiger partial charge in [0.1, 0.15) is 5.75 Å². The van der Waals surface area contributed by atoms with Gasteiger partial charge in [-0.25, -0.2) is 0 Å². The van der Waals surface area contributed by atoms with Crippen molar-refractivity contribution in [1.29, 1.82) is 0 Å². The summed E-state index contributed by atoms with van der Waals surface area (Å²) in [6.07, 6.45) is 4.34. The third-order valence-electron chi connectivity index (χ3n) is 2.47. The van der Waals surface area contributed by atoms with Crippen LogP contribution in [0, 0.1) is 0 Å². The maximum Gasteiger partial charge on any atom is 0.211 e. The Morgan fingerprint density at radius 2 is 2.26 bits per heavy atom. The van der Waals surface area contributed by atoms with E-state index >= 15 is 0 Å². The average Bonchev–Trinajstić information content (AvgIpc) is 2.82. The van der Waals surface area contributed by atoms with E-state index in [4.69, 9.17) is 11.6 Å². The fraction of sp³-hybridized carbons (Fsp3) is 0.250. The quantitative estimate of drug-likeness (QED) is 0.696. The molecule has 2 rings (SSSR count). The molecule has 0 bridgehead atoms. The molecule has 5 nitrogen and oxygen atoms in total. The van der Waals surface area contributed by atoms with E-state index in [-0.39, 0.29) is 5.75 Å². The molecule has 0 saturated heterocycles. The lowest BCUT2D eigenvalue weighted by Crippen LogP contribution is -1.98. The number of phenolic OH excluding ortho intramolecular Hbond substituents is 1. The van der Waals surface area contributed by atoms with Crippen molar-refractivity contribution in [3.63, 3.8) is 0 Å². The van der Waals surface area contributed by atoms with Crippen molar-refractivity contribution in [2.24, 2.45) is 5.10 Å². The second-order valence-corrected chi connectivity index (χ2v) is 4.90. The molecule has 0 amide bonds. The summed E-state index contributed by atoms with van der Waals surface area (Å²) in [5, 5.41) is 22.9. The van der Waals surface area contributed by atoms with Crippen LogP contribution in [-0.2, 0) is 6.42 Å². The minimum Gasteiger partial charge on any atom is -0.506 e. The number of aromatic nitrogens is 3. The molecule has 7 heteroatoms. The summed E-state index contributed by atoms with van der Waals surface area (Å²) in [5.74, 6) is 0.854. The lowest BCUT2D eigenvalue weighted by atomic mass is 10.2. The van der Waals surface area contributed by atoms with E-state index in [0.717, 1.165) is 23.0 Å². The third kappa shape index (κ3) is 3.08. The van der Waals surface area contributed by atoms with Gasteiger partial charge in [-0.15, -0.1) is 10.2 Å². The molecule has 0 saturated carbocycles. The van der Waals surface area contributed by atoms with E-state index in [9.17, 15) is 5.11 Å². The summed E-state index contributed by atoms with van der Waals surface area (Å²) in [6.45, 7) is 2.00. The van der Waals surface area contributed by atoms with Crippen molar-refractivity contribution in [3.05, 3.63) is 34.6 Å². The van der Waals surface area contributed by atoms with Crippen LogP contribution in [-0.4, -0.2) is 32.5 Å². The Balaban J connectivity index is 2.31. The lowest BCUT2D eigenvalue weighted by Gasteiger charge is -2.01. The lowest BCUT2D eigenvalue weighted by molar-refractivity contribution is 0.475. The minimum absolute atomic E-state index is 0.0576. The number of phenols is 1.